The molecule has 2 saturated carbocycles. The summed E-state index contributed by atoms with van der Waals surface area (Å²) in [5.41, 5.74) is 3.95. The van der Waals surface area contributed by atoms with Gasteiger partial charge in [-0.2, -0.15) is 0 Å². The Morgan fingerprint density at radius 1 is 0.618 bits per heavy atom. The first kappa shape index (κ1) is 22.8. The lowest BCUT2D eigenvalue weighted by Crippen LogP contribution is -2.44. The van der Waals surface area contributed by atoms with Crippen molar-refractivity contribution >= 4 is 0 Å². The lowest BCUT2D eigenvalue weighted by atomic mass is 9.54. The summed E-state index contributed by atoms with van der Waals surface area (Å²) in [6.45, 7) is 2.34. The maximum absolute atomic E-state index is 9.94. The Kier molecular flexibility index (Phi) is 6.06. The molecule has 0 spiro atoms. The van der Waals surface area contributed by atoms with Crippen LogP contribution in [-0.2, 0) is 10.8 Å². The van der Waals surface area contributed by atoms with Crippen molar-refractivity contribution in [3.05, 3.63) is 89.5 Å². The number of benzene rings is 3. The Morgan fingerprint density at radius 3 is 1.50 bits per heavy atom. The fourth-order valence-electron chi connectivity index (χ4n) is 7.53. The van der Waals surface area contributed by atoms with E-state index in [0.29, 0.717) is 29.1 Å². The fourth-order valence-corrected chi connectivity index (χ4v) is 7.53. The second kappa shape index (κ2) is 9.02. The second-order valence-corrected chi connectivity index (χ2v) is 10.5. The number of phenols is 3. The summed E-state index contributed by atoms with van der Waals surface area (Å²) in [6.07, 6.45) is 9.35. The van der Waals surface area contributed by atoms with Crippen molar-refractivity contribution < 1.29 is 15.3 Å². The molecule has 178 valence electrons. The minimum absolute atomic E-state index is 0.117. The molecule has 0 bridgehead atoms. The molecule has 2 aliphatic carbocycles. The van der Waals surface area contributed by atoms with Crippen molar-refractivity contribution in [2.45, 2.75) is 69.1 Å². The molecule has 3 aromatic carbocycles. The molecule has 5 rings (SSSR count). The minimum Gasteiger partial charge on any atom is -0.508 e. The van der Waals surface area contributed by atoms with Gasteiger partial charge in [0.25, 0.3) is 0 Å². The second-order valence-electron chi connectivity index (χ2n) is 10.5. The molecule has 3 aromatic rings. The van der Waals surface area contributed by atoms with Crippen LogP contribution in [0.25, 0.3) is 0 Å². The zero-order valence-corrected chi connectivity index (χ0v) is 20.1. The quantitative estimate of drug-likeness (QED) is 0.374. The molecule has 3 nitrogen and oxygen atoms in total. The number of phenolic OH excluding ortho intramolecular Hbond substituents is 3. The normalized spacial score (nSPS) is 24.8. The van der Waals surface area contributed by atoms with E-state index in [4.69, 9.17) is 0 Å². The first-order valence-corrected chi connectivity index (χ1v) is 12.9. The van der Waals surface area contributed by atoms with Gasteiger partial charge in [-0.05, 0) is 103 Å². The lowest BCUT2D eigenvalue weighted by Gasteiger charge is -2.50. The largest absolute Gasteiger partial charge is 0.508 e. The molecule has 2 unspecified atom stereocenters. The maximum Gasteiger partial charge on any atom is 0.115 e. The van der Waals surface area contributed by atoms with Gasteiger partial charge in [-0.3, -0.25) is 0 Å². The standard InChI is InChI=1S/C31H36O3/c1-2-22-4-3-19-31(22,25-9-15-29(34)16-10-25)26-17-20-30(21-18-26,23-5-11-27(32)12-6-23)24-7-13-28(33)14-8-24/h5-16,22,26,32-34H,2-4,17-21H2,1H3. The predicted molar refractivity (Wildman–Crippen MR) is 136 cm³/mol. The monoisotopic (exact) mass is 456 g/mol. The van der Waals surface area contributed by atoms with Gasteiger partial charge < -0.3 is 15.3 Å². The SMILES string of the molecule is CCC1CCCC1(c1ccc(O)cc1)C1CCC(c2ccc(O)cc2)(c2ccc(O)cc2)CC1. The third-order valence-corrected chi connectivity index (χ3v) is 9.18. The molecular weight excluding hydrogens is 420 g/mol. The lowest BCUT2D eigenvalue weighted by molar-refractivity contribution is 0.125. The zero-order chi connectivity index (χ0) is 23.8. The molecule has 0 aliphatic heterocycles. The van der Waals surface area contributed by atoms with Crippen molar-refractivity contribution in [3.63, 3.8) is 0 Å². The van der Waals surface area contributed by atoms with Gasteiger partial charge in [0.2, 0.25) is 0 Å². The number of hydrogen-bond acceptors (Lipinski definition) is 3. The van der Waals surface area contributed by atoms with E-state index in [1.54, 1.807) is 24.3 Å². The van der Waals surface area contributed by atoms with Crippen LogP contribution < -0.4 is 0 Å². The van der Waals surface area contributed by atoms with E-state index in [1.807, 2.05) is 12.1 Å². The first-order valence-electron chi connectivity index (χ1n) is 12.9. The van der Waals surface area contributed by atoms with Crippen LogP contribution in [-0.4, -0.2) is 15.3 Å². The average Bonchev–Trinajstić information content (AvgIpc) is 3.30. The fraction of sp³-hybridized carbons (Fsp3) is 0.419. The van der Waals surface area contributed by atoms with Crippen LogP contribution in [0.1, 0.15) is 75.0 Å². The van der Waals surface area contributed by atoms with Gasteiger partial charge >= 0.3 is 0 Å². The smallest absolute Gasteiger partial charge is 0.115 e. The molecule has 2 atom stereocenters. The maximum atomic E-state index is 9.94. The summed E-state index contributed by atoms with van der Waals surface area (Å²) in [6, 6.07) is 23.5. The topological polar surface area (TPSA) is 60.7 Å². The molecule has 3 N–H and O–H groups in total. The Labute approximate surface area is 203 Å². The summed E-state index contributed by atoms with van der Waals surface area (Å²) in [4.78, 5) is 0. The van der Waals surface area contributed by atoms with Crippen molar-refractivity contribution in [2.75, 3.05) is 0 Å². The Balaban J connectivity index is 1.52. The van der Waals surface area contributed by atoms with Crippen molar-refractivity contribution in [1.82, 2.24) is 0 Å². The molecule has 3 heteroatoms. The minimum atomic E-state index is -0.117. The molecule has 2 aliphatic rings. The molecule has 0 radical (unpaired) electrons. The average molecular weight is 457 g/mol. The van der Waals surface area contributed by atoms with Crippen molar-refractivity contribution in [1.29, 1.82) is 0 Å². The molecule has 34 heavy (non-hydrogen) atoms. The summed E-state index contributed by atoms with van der Waals surface area (Å²) < 4.78 is 0. The first-order chi connectivity index (χ1) is 16.5. The van der Waals surface area contributed by atoms with Crippen LogP contribution in [0.15, 0.2) is 72.8 Å². The van der Waals surface area contributed by atoms with Crippen molar-refractivity contribution in [2.24, 2.45) is 11.8 Å². The summed E-state index contributed by atoms with van der Waals surface area (Å²) in [7, 11) is 0. The van der Waals surface area contributed by atoms with E-state index < -0.39 is 0 Å². The van der Waals surface area contributed by atoms with E-state index >= 15 is 0 Å². The van der Waals surface area contributed by atoms with Gasteiger partial charge in [-0.15, -0.1) is 0 Å². The van der Waals surface area contributed by atoms with Crippen LogP contribution in [0.2, 0.25) is 0 Å². The molecule has 0 saturated heterocycles. The van der Waals surface area contributed by atoms with Gasteiger partial charge in [0.1, 0.15) is 17.2 Å². The van der Waals surface area contributed by atoms with Crippen LogP contribution in [0, 0.1) is 11.8 Å². The van der Waals surface area contributed by atoms with E-state index in [9.17, 15) is 15.3 Å². The molecule has 0 heterocycles. The van der Waals surface area contributed by atoms with E-state index in [-0.39, 0.29) is 10.8 Å². The van der Waals surface area contributed by atoms with Crippen molar-refractivity contribution in [3.8, 4) is 17.2 Å². The molecule has 0 amide bonds. The highest BCUT2D eigenvalue weighted by molar-refractivity contribution is 5.44. The van der Waals surface area contributed by atoms with Crippen LogP contribution >= 0.6 is 0 Å². The number of hydrogen-bond donors (Lipinski definition) is 3. The van der Waals surface area contributed by atoms with Gasteiger partial charge in [0.05, 0.1) is 0 Å². The highest BCUT2D eigenvalue weighted by atomic mass is 16.3. The highest BCUT2D eigenvalue weighted by Crippen LogP contribution is 2.59. The van der Waals surface area contributed by atoms with E-state index in [0.717, 1.165) is 25.7 Å². The zero-order valence-electron chi connectivity index (χ0n) is 20.1. The van der Waals surface area contributed by atoms with E-state index in [1.165, 1.54) is 42.4 Å². The Bertz CT molecular complexity index is 1050. The third kappa shape index (κ3) is 3.76. The van der Waals surface area contributed by atoms with Gasteiger partial charge in [0, 0.05) is 10.8 Å². The Morgan fingerprint density at radius 2 is 1.06 bits per heavy atom. The summed E-state index contributed by atoms with van der Waals surface area (Å²) >= 11 is 0. The van der Waals surface area contributed by atoms with Crippen LogP contribution in [0.4, 0.5) is 0 Å². The number of rotatable bonds is 5. The third-order valence-electron chi connectivity index (χ3n) is 9.18. The molecule has 0 aromatic heterocycles. The molecule has 2 fully saturated rings. The molecular formula is C31H36O3. The summed E-state index contributed by atoms with van der Waals surface area (Å²) in [5, 5.41) is 29.8. The highest BCUT2D eigenvalue weighted by Gasteiger charge is 2.51. The Hall–Kier alpha value is -2.94. The van der Waals surface area contributed by atoms with Crippen LogP contribution in [0.3, 0.4) is 0 Å². The van der Waals surface area contributed by atoms with Gasteiger partial charge in [0.15, 0.2) is 0 Å². The van der Waals surface area contributed by atoms with Gasteiger partial charge in [-0.25, -0.2) is 0 Å². The van der Waals surface area contributed by atoms with Gasteiger partial charge in [-0.1, -0.05) is 56.2 Å². The summed E-state index contributed by atoms with van der Waals surface area (Å²) in [5.74, 6) is 2.21. The predicted octanol–water partition coefficient (Wildman–Crippen LogP) is 7.43. The van der Waals surface area contributed by atoms with E-state index in [2.05, 4.69) is 43.3 Å². The number of aromatic hydroxyl groups is 3. The van der Waals surface area contributed by atoms with Crippen LogP contribution in [0.5, 0.6) is 17.2 Å².